The highest BCUT2D eigenvalue weighted by molar-refractivity contribution is 6.00. The van der Waals surface area contributed by atoms with Crippen LogP contribution in [0.3, 0.4) is 0 Å². The highest BCUT2D eigenvalue weighted by Crippen LogP contribution is 2.28. The lowest BCUT2D eigenvalue weighted by Gasteiger charge is -2.36. The molecule has 0 aliphatic carbocycles. The summed E-state index contributed by atoms with van der Waals surface area (Å²) in [5.74, 6) is -0.681. The molecule has 27 heavy (non-hydrogen) atoms. The number of fused-ring (bicyclic) bond motifs is 1. The lowest BCUT2D eigenvalue weighted by Crippen LogP contribution is -2.50. The van der Waals surface area contributed by atoms with Crippen molar-refractivity contribution < 1.29 is 19.1 Å². The van der Waals surface area contributed by atoms with Crippen molar-refractivity contribution in [1.82, 2.24) is 9.80 Å². The summed E-state index contributed by atoms with van der Waals surface area (Å²) in [4.78, 5) is 40.9. The van der Waals surface area contributed by atoms with Gasteiger partial charge in [0.05, 0.1) is 6.54 Å². The van der Waals surface area contributed by atoms with Gasteiger partial charge in [-0.25, -0.2) is 4.79 Å². The standard InChI is InChI=1S/C19H26N4O4/c1-19(2,3)27-18(26)22-8-6-21(7-9-22)14-4-5-15-13(10-14)11-23(17(15)25)12-16(20)24/h4-5,10H,6-9,11-12H2,1-3H3,(H2,20,24). The second-order valence-electron chi connectivity index (χ2n) is 7.92. The van der Waals surface area contributed by atoms with E-state index >= 15 is 0 Å². The first-order valence-electron chi connectivity index (χ1n) is 9.07. The van der Waals surface area contributed by atoms with Crippen LogP contribution in [0.5, 0.6) is 0 Å². The monoisotopic (exact) mass is 374 g/mol. The van der Waals surface area contributed by atoms with E-state index in [1.54, 1.807) is 11.0 Å². The van der Waals surface area contributed by atoms with Crippen molar-refractivity contribution in [2.75, 3.05) is 37.6 Å². The molecule has 1 aromatic rings. The number of carbonyl (C=O) groups is 3. The number of nitrogens with zero attached hydrogens (tertiary/aromatic N) is 3. The largest absolute Gasteiger partial charge is 0.444 e. The van der Waals surface area contributed by atoms with Gasteiger partial charge in [-0.2, -0.15) is 0 Å². The van der Waals surface area contributed by atoms with Crippen LogP contribution in [0.4, 0.5) is 10.5 Å². The molecule has 8 heteroatoms. The van der Waals surface area contributed by atoms with Gasteiger partial charge in [-0.15, -0.1) is 0 Å². The Morgan fingerprint density at radius 1 is 1.15 bits per heavy atom. The van der Waals surface area contributed by atoms with Crippen molar-refractivity contribution in [3.63, 3.8) is 0 Å². The molecule has 146 valence electrons. The first kappa shape index (κ1) is 19.0. The van der Waals surface area contributed by atoms with Crippen LogP contribution in [0.25, 0.3) is 0 Å². The second kappa shape index (κ2) is 7.09. The van der Waals surface area contributed by atoms with Crippen molar-refractivity contribution in [3.05, 3.63) is 29.3 Å². The van der Waals surface area contributed by atoms with Gasteiger partial charge in [-0.3, -0.25) is 9.59 Å². The van der Waals surface area contributed by atoms with Crippen molar-refractivity contribution in [3.8, 4) is 0 Å². The summed E-state index contributed by atoms with van der Waals surface area (Å²) in [6, 6.07) is 5.69. The van der Waals surface area contributed by atoms with Gasteiger partial charge >= 0.3 is 6.09 Å². The first-order chi connectivity index (χ1) is 12.6. The average Bonchev–Trinajstić information content (AvgIpc) is 2.88. The normalized spacial score (nSPS) is 17.1. The molecule has 8 nitrogen and oxygen atoms in total. The van der Waals surface area contributed by atoms with Crippen LogP contribution in [-0.4, -0.2) is 66.0 Å². The fraction of sp³-hybridized carbons (Fsp3) is 0.526. The number of piperazine rings is 1. The summed E-state index contributed by atoms with van der Waals surface area (Å²) in [7, 11) is 0. The lowest BCUT2D eigenvalue weighted by atomic mass is 10.1. The van der Waals surface area contributed by atoms with E-state index in [0.717, 1.165) is 11.3 Å². The molecule has 0 aromatic heterocycles. The van der Waals surface area contributed by atoms with Gasteiger partial charge in [0.2, 0.25) is 5.91 Å². The molecule has 0 atom stereocenters. The minimum atomic E-state index is -0.519. The van der Waals surface area contributed by atoms with Gasteiger partial charge in [0.1, 0.15) is 5.60 Å². The summed E-state index contributed by atoms with van der Waals surface area (Å²) < 4.78 is 5.42. The number of nitrogens with two attached hydrogens (primary N) is 1. The summed E-state index contributed by atoms with van der Waals surface area (Å²) in [6.45, 7) is 8.43. The molecule has 0 saturated carbocycles. The highest BCUT2D eigenvalue weighted by Gasteiger charge is 2.30. The van der Waals surface area contributed by atoms with Crippen LogP contribution in [0.2, 0.25) is 0 Å². The zero-order chi connectivity index (χ0) is 19.8. The van der Waals surface area contributed by atoms with E-state index < -0.39 is 11.5 Å². The number of carbonyl (C=O) groups excluding carboxylic acids is 3. The highest BCUT2D eigenvalue weighted by atomic mass is 16.6. The quantitative estimate of drug-likeness (QED) is 0.857. The van der Waals surface area contributed by atoms with Crippen LogP contribution in [0.15, 0.2) is 18.2 Å². The third-order valence-corrected chi connectivity index (χ3v) is 4.61. The van der Waals surface area contributed by atoms with E-state index in [2.05, 4.69) is 4.90 Å². The van der Waals surface area contributed by atoms with E-state index in [1.165, 1.54) is 4.90 Å². The van der Waals surface area contributed by atoms with Crippen LogP contribution < -0.4 is 10.6 Å². The van der Waals surface area contributed by atoms with Gasteiger partial charge in [0, 0.05) is 44.0 Å². The number of benzene rings is 1. The van der Waals surface area contributed by atoms with Crippen LogP contribution in [-0.2, 0) is 16.1 Å². The first-order valence-corrected chi connectivity index (χ1v) is 9.07. The van der Waals surface area contributed by atoms with Crippen molar-refractivity contribution >= 4 is 23.6 Å². The van der Waals surface area contributed by atoms with E-state index in [-0.39, 0.29) is 18.5 Å². The van der Waals surface area contributed by atoms with Crippen LogP contribution in [0.1, 0.15) is 36.7 Å². The maximum atomic E-state index is 12.3. The van der Waals surface area contributed by atoms with E-state index in [0.29, 0.717) is 38.3 Å². The summed E-state index contributed by atoms with van der Waals surface area (Å²) in [6.07, 6.45) is -0.288. The Labute approximate surface area is 158 Å². The third-order valence-electron chi connectivity index (χ3n) is 4.61. The van der Waals surface area contributed by atoms with Crippen molar-refractivity contribution in [1.29, 1.82) is 0 Å². The molecule has 3 rings (SSSR count). The smallest absolute Gasteiger partial charge is 0.410 e. The minimum absolute atomic E-state index is 0.0720. The lowest BCUT2D eigenvalue weighted by molar-refractivity contribution is -0.118. The molecule has 1 aromatic carbocycles. The summed E-state index contributed by atoms with van der Waals surface area (Å²) in [5, 5.41) is 0. The Bertz CT molecular complexity index is 763. The van der Waals surface area contributed by atoms with Gasteiger partial charge in [0.15, 0.2) is 0 Å². The van der Waals surface area contributed by atoms with Crippen molar-refractivity contribution in [2.45, 2.75) is 32.9 Å². The summed E-state index contributed by atoms with van der Waals surface area (Å²) in [5.41, 5.74) is 7.23. The van der Waals surface area contributed by atoms with Crippen LogP contribution >= 0.6 is 0 Å². The molecule has 2 aliphatic heterocycles. The predicted molar refractivity (Wildman–Crippen MR) is 100 cm³/mol. The molecular weight excluding hydrogens is 348 g/mol. The Balaban J connectivity index is 1.63. The summed E-state index contributed by atoms with van der Waals surface area (Å²) >= 11 is 0. The maximum Gasteiger partial charge on any atom is 0.410 e. The number of hydrogen-bond acceptors (Lipinski definition) is 5. The molecule has 3 amide bonds. The minimum Gasteiger partial charge on any atom is -0.444 e. The van der Waals surface area contributed by atoms with E-state index in [4.69, 9.17) is 10.5 Å². The fourth-order valence-corrected chi connectivity index (χ4v) is 3.35. The number of rotatable bonds is 3. The van der Waals surface area contributed by atoms with E-state index in [9.17, 15) is 14.4 Å². The topological polar surface area (TPSA) is 96.2 Å². The predicted octanol–water partition coefficient (Wildman–Crippen LogP) is 1.18. The maximum absolute atomic E-state index is 12.3. The number of primary amides is 1. The molecule has 0 unspecified atom stereocenters. The molecule has 0 bridgehead atoms. The number of hydrogen-bond donors (Lipinski definition) is 1. The van der Waals surface area contributed by atoms with E-state index in [1.807, 2.05) is 32.9 Å². The molecule has 0 spiro atoms. The Hall–Kier alpha value is -2.77. The number of ether oxygens (including phenoxy) is 1. The SMILES string of the molecule is CC(C)(C)OC(=O)N1CCN(c2ccc3c(c2)CN(CC(N)=O)C3=O)CC1. The molecular formula is C19H26N4O4. The zero-order valence-corrected chi connectivity index (χ0v) is 16.0. The Kier molecular flexibility index (Phi) is 4.99. The Morgan fingerprint density at radius 2 is 1.81 bits per heavy atom. The average molecular weight is 374 g/mol. The van der Waals surface area contributed by atoms with Gasteiger partial charge in [0.25, 0.3) is 5.91 Å². The number of amides is 3. The molecule has 2 N–H and O–H groups in total. The Morgan fingerprint density at radius 3 is 2.41 bits per heavy atom. The number of anilines is 1. The fourth-order valence-electron chi connectivity index (χ4n) is 3.35. The van der Waals surface area contributed by atoms with Gasteiger partial charge in [-0.05, 0) is 44.5 Å². The molecule has 1 saturated heterocycles. The zero-order valence-electron chi connectivity index (χ0n) is 16.0. The molecule has 1 fully saturated rings. The third kappa shape index (κ3) is 4.32. The molecule has 0 radical (unpaired) electrons. The van der Waals surface area contributed by atoms with Gasteiger partial charge in [-0.1, -0.05) is 0 Å². The molecule has 2 aliphatic rings. The van der Waals surface area contributed by atoms with Crippen molar-refractivity contribution in [2.24, 2.45) is 5.73 Å². The molecule has 2 heterocycles. The second-order valence-corrected chi connectivity index (χ2v) is 7.92. The van der Waals surface area contributed by atoms with Crippen LogP contribution in [0, 0.1) is 0 Å². The van der Waals surface area contributed by atoms with Gasteiger partial charge < -0.3 is 25.2 Å².